The van der Waals surface area contributed by atoms with Crippen molar-refractivity contribution in [1.82, 2.24) is 15.4 Å². The Hall–Kier alpha value is -0.860. The second-order valence-electron chi connectivity index (χ2n) is 4.54. The lowest BCUT2D eigenvalue weighted by molar-refractivity contribution is 0.129. The van der Waals surface area contributed by atoms with Crippen molar-refractivity contribution >= 4 is 16.0 Å². The number of nitrogens with zero attached hydrogens (tertiary/aromatic N) is 1. The van der Waals surface area contributed by atoms with Crippen molar-refractivity contribution in [2.24, 2.45) is 4.99 Å². The Morgan fingerprint density at radius 1 is 1.05 bits per heavy atom. The van der Waals surface area contributed by atoms with Crippen LogP contribution in [0.15, 0.2) is 4.99 Å². The van der Waals surface area contributed by atoms with E-state index in [-0.39, 0.29) is 5.75 Å². The molecule has 0 heterocycles. The first kappa shape index (κ1) is 20.1. The monoisotopic (exact) mass is 322 g/mol. The van der Waals surface area contributed by atoms with Gasteiger partial charge in [0.25, 0.3) is 0 Å². The van der Waals surface area contributed by atoms with E-state index in [0.29, 0.717) is 19.0 Å². The topological polar surface area (TPSA) is 91.8 Å². The number of ether oxygens (including phenoxy) is 1. The highest BCUT2D eigenvalue weighted by Gasteiger charge is 2.04. The molecule has 0 unspecified atom stereocenters. The SMILES string of the molecule is CCCCOCCCNC(=NC)NCCNS(=O)(=O)CC. The molecular weight excluding hydrogens is 292 g/mol. The molecule has 0 atom stereocenters. The first-order chi connectivity index (χ1) is 10.1. The molecule has 0 aromatic heterocycles. The molecule has 0 saturated carbocycles. The predicted molar refractivity (Wildman–Crippen MR) is 87.2 cm³/mol. The van der Waals surface area contributed by atoms with Gasteiger partial charge in [-0.3, -0.25) is 4.99 Å². The average Bonchev–Trinajstić information content (AvgIpc) is 2.48. The van der Waals surface area contributed by atoms with Crippen molar-refractivity contribution in [1.29, 1.82) is 0 Å². The normalized spacial score (nSPS) is 12.4. The van der Waals surface area contributed by atoms with Crippen LogP contribution in [0, 0.1) is 0 Å². The van der Waals surface area contributed by atoms with Crippen molar-refractivity contribution in [2.45, 2.75) is 33.1 Å². The van der Waals surface area contributed by atoms with Crippen molar-refractivity contribution in [3.8, 4) is 0 Å². The van der Waals surface area contributed by atoms with Gasteiger partial charge < -0.3 is 15.4 Å². The molecule has 0 rings (SSSR count). The summed E-state index contributed by atoms with van der Waals surface area (Å²) in [7, 11) is -1.44. The van der Waals surface area contributed by atoms with Crippen LogP contribution in [0.25, 0.3) is 0 Å². The van der Waals surface area contributed by atoms with Gasteiger partial charge in [-0.15, -0.1) is 0 Å². The van der Waals surface area contributed by atoms with Gasteiger partial charge in [0.05, 0.1) is 5.75 Å². The van der Waals surface area contributed by atoms with E-state index in [1.807, 2.05) is 0 Å². The lowest BCUT2D eigenvalue weighted by Gasteiger charge is -2.12. The van der Waals surface area contributed by atoms with Gasteiger partial charge in [-0.05, 0) is 19.8 Å². The minimum Gasteiger partial charge on any atom is -0.381 e. The molecule has 0 aliphatic rings. The summed E-state index contributed by atoms with van der Waals surface area (Å²) in [6, 6.07) is 0. The first-order valence-electron chi connectivity index (χ1n) is 7.55. The number of aliphatic imine (C=N–C) groups is 1. The van der Waals surface area contributed by atoms with Crippen molar-refractivity contribution in [3.05, 3.63) is 0 Å². The van der Waals surface area contributed by atoms with Crippen LogP contribution in [-0.4, -0.2) is 60.0 Å². The van der Waals surface area contributed by atoms with Crippen LogP contribution in [0.4, 0.5) is 0 Å². The predicted octanol–water partition coefficient (Wildman–Crippen LogP) is 0.298. The molecule has 126 valence electrons. The second kappa shape index (κ2) is 12.8. The van der Waals surface area contributed by atoms with Gasteiger partial charge in [0.1, 0.15) is 0 Å². The zero-order chi connectivity index (χ0) is 16.0. The smallest absolute Gasteiger partial charge is 0.211 e. The van der Waals surface area contributed by atoms with E-state index in [0.717, 1.165) is 39.0 Å². The molecule has 0 fully saturated rings. The van der Waals surface area contributed by atoms with Crippen LogP contribution in [0.5, 0.6) is 0 Å². The van der Waals surface area contributed by atoms with Gasteiger partial charge in [0.2, 0.25) is 10.0 Å². The summed E-state index contributed by atoms with van der Waals surface area (Å²) in [5.41, 5.74) is 0. The van der Waals surface area contributed by atoms with Crippen LogP contribution in [0.2, 0.25) is 0 Å². The van der Waals surface area contributed by atoms with Crippen molar-refractivity contribution in [2.75, 3.05) is 45.6 Å². The van der Waals surface area contributed by atoms with Gasteiger partial charge in [-0.25, -0.2) is 13.1 Å². The third kappa shape index (κ3) is 12.6. The third-order valence-electron chi connectivity index (χ3n) is 2.74. The molecule has 3 N–H and O–H groups in total. The molecule has 0 aromatic rings. The lowest BCUT2D eigenvalue weighted by Crippen LogP contribution is -2.42. The molecule has 21 heavy (non-hydrogen) atoms. The van der Waals surface area contributed by atoms with Crippen LogP contribution in [-0.2, 0) is 14.8 Å². The van der Waals surface area contributed by atoms with Gasteiger partial charge in [-0.1, -0.05) is 13.3 Å². The Labute approximate surface area is 129 Å². The maximum Gasteiger partial charge on any atom is 0.211 e. The Kier molecular flexibility index (Phi) is 12.3. The quantitative estimate of drug-likeness (QED) is 0.273. The fraction of sp³-hybridized carbons (Fsp3) is 0.923. The number of sulfonamides is 1. The van der Waals surface area contributed by atoms with Gasteiger partial charge >= 0.3 is 0 Å². The van der Waals surface area contributed by atoms with E-state index in [4.69, 9.17) is 4.74 Å². The highest BCUT2D eigenvalue weighted by molar-refractivity contribution is 7.89. The third-order valence-corrected chi connectivity index (χ3v) is 4.15. The standard InChI is InChI=1S/C13H30N4O3S/c1-4-6-11-20-12-7-8-15-13(14-3)16-9-10-17-21(18,19)5-2/h17H,4-12H2,1-3H3,(H2,14,15,16). The zero-order valence-electron chi connectivity index (χ0n) is 13.4. The minimum atomic E-state index is -3.12. The van der Waals surface area contributed by atoms with Crippen LogP contribution < -0.4 is 15.4 Å². The van der Waals surface area contributed by atoms with Gasteiger partial charge in [0.15, 0.2) is 5.96 Å². The highest BCUT2D eigenvalue weighted by Crippen LogP contribution is 1.89. The van der Waals surface area contributed by atoms with E-state index >= 15 is 0 Å². The largest absolute Gasteiger partial charge is 0.381 e. The number of unbranched alkanes of at least 4 members (excludes halogenated alkanes) is 1. The average molecular weight is 322 g/mol. The van der Waals surface area contributed by atoms with Gasteiger partial charge in [-0.2, -0.15) is 0 Å². The molecule has 0 spiro atoms. The fourth-order valence-corrected chi connectivity index (χ4v) is 2.06. The van der Waals surface area contributed by atoms with E-state index in [1.165, 1.54) is 0 Å². The Morgan fingerprint density at radius 3 is 2.33 bits per heavy atom. The van der Waals surface area contributed by atoms with Crippen LogP contribution in [0.3, 0.4) is 0 Å². The van der Waals surface area contributed by atoms with E-state index in [1.54, 1.807) is 14.0 Å². The molecule has 0 aliphatic carbocycles. The lowest BCUT2D eigenvalue weighted by atomic mass is 10.4. The highest BCUT2D eigenvalue weighted by atomic mass is 32.2. The summed E-state index contributed by atoms with van der Waals surface area (Å²) in [6.45, 7) is 6.91. The molecule has 7 nitrogen and oxygen atoms in total. The van der Waals surface area contributed by atoms with E-state index in [9.17, 15) is 8.42 Å². The summed E-state index contributed by atoms with van der Waals surface area (Å²) >= 11 is 0. The number of guanidine groups is 1. The maximum atomic E-state index is 11.2. The molecule has 0 aliphatic heterocycles. The minimum absolute atomic E-state index is 0.0952. The van der Waals surface area contributed by atoms with Crippen LogP contribution in [0.1, 0.15) is 33.1 Å². The Balaban J connectivity index is 3.60. The van der Waals surface area contributed by atoms with Crippen molar-refractivity contribution < 1.29 is 13.2 Å². The van der Waals surface area contributed by atoms with Gasteiger partial charge in [0, 0.05) is 39.9 Å². The molecule has 0 bridgehead atoms. The zero-order valence-corrected chi connectivity index (χ0v) is 14.3. The van der Waals surface area contributed by atoms with Crippen molar-refractivity contribution in [3.63, 3.8) is 0 Å². The molecule has 8 heteroatoms. The summed E-state index contributed by atoms with van der Waals surface area (Å²) in [5, 5.41) is 6.20. The number of hydrogen-bond donors (Lipinski definition) is 3. The summed E-state index contributed by atoms with van der Waals surface area (Å²) < 4.78 is 30.4. The number of nitrogens with one attached hydrogen (secondary N) is 3. The first-order valence-corrected chi connectivity index (χ1v) is 9.20. The Morgan fingerprint density at radius 2 is 1.71 bits per heavy atom. The second-order valence-corrected chi connectivity index (χ2v) is 6.64. The molecule has 0 amide bonds. The van der Waals surface area contributed by atoms with Crippen LogP contribution >= 0.6 is 0 Å². The maximum absolute atomic E-state index is 11.2. The van der Waals surface area contributed by atoms with E-state index < -0.39 is 10.0 Å². The Bertz CT molecular complexity index is 372. The molecule has 0 aromatic carbocycles. The number of rotatable bonds is 12. The molecular formula is C13H30N4O3S. The number of hydrogen-bond acceptors (Lipinski definition) is 4. The summed E-state index contributed by atoms with van der Waals surface area (Å²) in [6.07, 6.45) is 3.16. The molecule has 0 saturated heterocycles. The molecule has 0 radical (unpaired) electrons. The summed E-state index contributed by atoms with van der Waals surface area (Å²) in [4.78, 5) is 4.07. The summed E-state index contributed by atoms with van der Waals surface area (Å²) in [5.74, 6) is 0.761. The fourth-order valence-electron chi connectivity index (χ4n) is 1.44. The van der Waals surface area contributed by atoms with E-state index in [2.05, 4.69) is 27.3 Å².